The number of hydrogen-bond donors (Lipinski definition) is 4. The number of amides is 2. The Kier molecular flexibility index (Phi) is 4.65. The van der Waals surface area contributed by atoms with Gasteiger partial charge in [-0.05, 0) is 42.4 Å². The van der Waals surface area contributed by atoms with E-state index >= 15 is 0 Å². The molecule has 7 nitrogen and oxygen atoms in total. The van der Waals surface area contributed by atoms with Crippen LogP contribution in [0.2, 0.25) is 0 Å². The summed E-state index contributed by atoms with van der Waals surface area (Å²) < 4.78 is 0. The minimum atomic E-state index is -1.53. The first-order valence-electron chi connectivity index (χ1n) is 5.20. The number of nitrogens with two attached hydrogens (primary N) is 1. The molecule has 0 aliphatic carbocycles. The molecule has 0 spiro atoms. The van der Waals surface area contributed by atoms with E-state index in [1.54, 1.807) is 25.1 Å². The number of carboxylic acid groups (broad SMARTS) is 2. The van der Waals surface area contributed by atoms with Crippen molar-refractivity contribution in [3.8, 4) is 0 Å². The average Bonchev–Trinajstić information content (AvgIpc) is 2.23. The van der Waals surface area contributed by atoms with Gasteiger partial charge >= 0.3 is 12.2 Å². The minimum Gasteiger partial charge on any atom is -0.465 e. The maximum atomic E-state index is 10.8. The van der Waals surface area contributed by atoms with Crippen LogP contribution in [0.15, 0.2) is 18.2 Å². The van der Waals surface area contributed by atoms with Gasteiger partial charge in [0, 0.05) is 5.69 Å². The molecule has 0 radical (unpaired) electrons. The summed E-state index contributed by atoms with van der Waals surface area (Å²) in [6, 6.07) is 5.03. The monoisotopic (exact) mass is 283 g/mol. The Hall–Kier alpha value is -2.35. The lowest BCUT2D eigenvalue weighted by Gasteiger charge is -2.15. The van der Waals surface area contributed by atoms with Gasteiger partial charge in [-0.1, -0.05) is 6.07 Å². The molecule has 19 heavy (non-hydrogen) atoms. The van der Waals surface area contributed by atoms with E-state index in [2.05, 4.69) is 5.32 Å². The summed E-state index contributed by atoms with van der Waals surface area (Å²) in [6.45, 7) is 1.53. The zero-order valence-electron chi connectivity index (χ0n) is 10.1. The van der Waals surface area contributed by atoms with E-state index in [0.29, 0.717) is 16.2 Å². The number of benzene rings is 1. The first-order valence-corrected chi connectivity index (χ1v) is 5.61. The number of anilines is 1. The largest absolute Gasteiger partial charge is 0.465 e. The third-order valence-electron chi connectivity index (χ3n) is 2.21. The molecule has 0 atom stereocenters. The maximum absolute atomic E-state index is 10.8. The van der Waals surface area contributed by atoms with Crippen molar-refractivity contribution in [2.75, 3.05) is 5.32 Å². The van der Waals surface area contributed by atoms with Crippen molar-refractivity contribution in [3.63, 3.8) is 0 Å². The number of nitrogens with zero attached hydrogens (tertiary/aromatic N) is 1. The third kappa shape index (κ3) is 4.43. The average molecular weight is 283 g/mol. The van der Waals surface area contributed by atoms with Crippen LogP contribution in [0.25, 0.3) is 0 Å². The van der Waals surface area contributed by atoms with E-state index in [-0.39, 0.29) is 11.7 Å². The number of thiocarbonyl (C=S) groups is 1. The summed E-state index contributed by atoms with van der Waals surface area (Å²) in [5.41, 5.74) is 7.27. The fraction of sp³-hybridized carbons (Fsp3) is 0.182. The molecule has 0 saturated heterocycles. The quantitative estimate of drug-likeness (QED) is 0.625. The van der Waals surface area contributed by atoms with Crippen LogP contribution >= 0.6 is 12.2 Å². The lowest BCUT2D eigenvalue weighted by Crippen LogP contribution is -2.33. The second-order valence-corrected chi connectivity index (χ2v) is 4.29. The number of nitrogens with one attached hydrogen (secondary N) is 1. The number of aryl methyl sites for hydroxylation is 1. The molecule has 0 unspecified atom stereocenters. The Bertz CT molecular complexity index is 519. The van der Waals surface area contributed by atoms with Crippen LogP contribution < -0.4 is 11.1 Å². The van der Waals surface area contributed by atoms with Crippen molar-refractivity contribution in [1.29, 1.82) is 0 Å². The van der Waals surface area contributed by atoms with Crippen molar-refractivity contribution < 1.29 is 19.8 Å². The zero-order chi connectivity index (χ0) is 14.6. The number of rotatable bonds is 3. The Balaban J connectivity index is 3.00. The highest BCUT2D eigenvalue weighted by molar-refractivity contribution is 7.80. The highest BCUT2D eigenvalue weighted by Crippen LogP contribution is 2.16. The van der Waals surface area contributed by atoms with Gasteiger partial charge in [-0.25, -0.2) is 14.5 Å². The fourth-order valence-electron chi connectivity index (χ4n) is 1.57. The molecule has 0 bridgehead atoms. The lowest BCUT2D eigenvalue weighted by atomic mass is 10.1. The smallest absolute Gasteiger partial charge is 0.417 e. The molecule has 0 fully saturated rings. The molecule has 0 aliphatic rings. The highest BCUT2D eigenvalue weighted by Gasteiger charge is 2.20. The summed E-state index contributed by atoms with van der Waals surface area (Å²) >= 11 is 4.70. The number of carbonyl (C=O) groups is 2. The van der Waals surface area contributed by atoms with Crippen LogP contribution in [-0.2, 0) is 6.54 Å². The normalized spacial score (nSPS) is 9.74. The van der Waals surface area contributed by atoms with Crippen LogP contribution in [0.5, 0.6) is 0 Å². The number of imide groups is 1. The maximum Gasteiger partial charge on any atom is 0.417 e. The minimum absolute atomic E-state index is 0.0740. The SMILES string of the molecule is Cc1cc(CN(C(=O)O)C(=O)O)cc(NC(N)=S)c1. The van der Waals surface area contributed by atoms with E-state index in [9.17, 15) is 9.59 Å². The zero-order valence-corrected chi connectivity index (χ0v) is 10.9. The van der Waals surface area contributed by atoms with Gasteiger partial charge in [0.1, 0.15) is 0 Å². The van der Waals surface area contributed by atoms with Crippen molar-refractivity contribution in [1.82, 2.24) is 4.90 Å². The van der Waals surface area contributed by atoms with Crippen LogP contribution in [0.4, 0.5) is 15.3 Å². The topological polar surface area (TPSA) is 116 Å². The molecule has 1 aromatic carbocycles. The van der Waals surface area contributed by atoms with E-state index in [4.69, 9.17) is 28.2 Å². The van der Waals surface area contributed by atoms with Gasteiger partial charge in [0.25, 0.3) is 0 Å². The van der Waals surface area contributed by atoms with Crippen molar-refractivity contribution in [2.45, 2.75) is 13.5 Å². The molecule has 0 aliphatic heterocycles. The van der Waals surface area contributed by atoms with Crippen molar-refractivity contribution in [2.24, 2.45) is 5.73 Å². The van der Waals surface area contributed by atoms with Gasteiger partial charge in [0.15, 0.2) is 5.11 Å². The van der Waals surface area contributed by atoms with Gasteiger partial charge in [0.05, 0.1) is 6.54 Å². The van der Waals surface area contributed by atoms with Gasteiger partial charge in [-0.3, -0.25) is 0 Å². The summed E-state index contributed by atoms with van der Waals surface area (Å²) in [4.78, 5) is 21.9. The molecule has 1 aromatic rings. The summed E-state index contributed by atoms with van der Waals surface area (Å²) in [6.07, 6.45) is -3.06. The van der Waals surface area contributed by atoms with E-state index in [1.165, 1.54) is 0 Å². The van der Waals surface area contributed by atoms with Gasteiger partial charge in [-0.15, -0.1) is 0 Å². The summed E-state index contributed by atoms with van der Waals surface area (Å²) in [5, 5.41) is 20.3. The van der Waals surface area contributed by atoms with Crippen LogP contribution in [-0.4, -0.2) is 32.4 Å². The predicted octanol–water partition coefficient (Wildman–Crippen LogP) is 1.81. The molecular formula is C11H13N3O4S. The van der Waals surface area contributed by atoms with Gasteiger partial charge < -0.3 is 21.3 Å². The highest BCUT2D eigenvalue weighted by atomic mass is 32.1. The second kappa shape index (κ2) is 6.01. The Morgan fingerprint density at radius 3 is 2.37 bits per heavy atom. The molecule has 8 heteroatoms. The third-order valence-corrected chi connectivity index (χ3v) is 2.31. The molecular weight excluding hydrogens is 270 g/mol. The standard InChI is InChI=1S/C11H13N3O4S/c1-6-2-7(4-8(3-6)13-9(12)19)5-14(10(15)16)11(17)18/h2-4H,5H2,1H3,(H,15,16)(H,17,18)(H3,12,13,19). The lowest BCUT2D eigenvalue weighted by molar-refractivity contribution is 0.120. The van der Waals surface area contributed by atoms with Gasteiger partial charge in [0.2, 0.25) is 0 Å². The first-order chi connectivity index (χ1) is 8.79. The van der Waals surface area contributed by atoms with Crippen molar-refractivity contribution >= 4 is 35.2 Å². The van der Waals surface area contributed by atoms with Crippen LogP contribution in [0.3, 0.4) is 0 Å². The van der Waals surface area contributed by atoms with Gasteiger partial charge in [-0.2, -0.15) is 0 Å². The molecule has 0 aromatic heterocycles. The molecule has 2 amide bonds. The molecule has 0 saturated carbocycles. The molecule has 1 rings (SSSR count). The van der Waals surface area contributed by atoms with E-state index < -0.39 is 12.2 Å². The molecule has 5 N–H and O–H groups in total. The molecule has 102 valence electrons. The first kappa shape index (κ1) is 14.7. The predicted molar refractivity (Wildman–Crippen MR) is 73.2 cm³/mol. The summed E-state index contributed by atoms with van der Waals surface area (Å²) in [5.74, 6) is 0. The Labute approximate surface area is 114 Å². The van der Waals surface area contributed by atoms with Crippen molar-refractivity contribution in [3.05, 3.63) is 29.3 Å². The summed E-state index contributed by atoms with van der Waals surface area (Å²) in [7, 11) is 0. The van der Waals surface area contributed by atoms with Crippen LogP contribution in [0.1, 0.15) is 11.1 Å². The Morgan fingerprint density at radius 1 is 1.32 bits per heavy atom. The van der Waals surface area contributed by atoms with Crippen LogP contribution in [0, 0.1) is 6.92 Å². The van der Waals surface area contributed by atoms with E-state index in [1.807, 2.05) is 0 Å². The second-order valence-electron chi connectivity index (χ2n) is 3.85. The van der Waals surface area contributed by atoms with E-state index in [0.717, 1.165) is 5.56 Å². The molecule has 0 heterocycles. The fourth-order valence-corrected chi connectivity index (χ4v) is 1.69. The Morgan fingerprint density at radius 2 is 1.89 bits per heavy atom. The number of hydrogen-bond acceptors (Lipinski definition) is 3.